The molecule has 0 aliphatic heterocycles. The molecule has 4 heteroatoms. The average Bonchev–Trinajstić information content (AvgIpc) is 2.72. The van der Waals surface area contributed by atoms with Gasteiger partial charge in [-0.05, 0) is 38.6 Å². The Hall–Kier alpha value is -0.870. The monoisotopic (exact) mass is 251 g/mol. The van der Waals surface area contributed by atoms with Crippen LogP contribution >= 0.6 is 0 Å². The van der Waals surface area contributed by atoms with Crippen LogP contribution in [0.4, 0.5) is 0 Å². The third-order valence-electron chi connectivity index (χ3n) is 3.74. The van der Waals surface area contributed by atoms with Gasteiger partial charge in [-0.25, -0.2) is 0 Å². The van der Waals surface area contributed by atoms with Crippen LogP contribution in [0.2, 0.25) is 0 Å². The van der Waals surface area contributed by atoms with Crippen LogP contribution in [0.25, 0.3) is 0 Å². The van der Waals surface area contributed by atoms with Gasteiger partial charge >= 0.3 is 0 Å². The lowest BCUT2D eigenvalue weighted by atomic mass is 9.77. The van der Waals surface area contributed by atoms with Crippen molar-refractivity contribution in [3.8, 4) is 0 Å². The summed E-state index contributed by atoms with van der Waals surface area (Å²) in [7, 11) is 1.97. The fourth-order valence-corrected chi connectivity index (χ4v) is 2.78. The first-order valence-electron chi connectivity index (χ1n) is 7.06. The Kier molecular flexibility index (Phi) is 4.78. The van der Waals surface area contributed by atoms with Gasteiger partial charge in [0, 0.05) is 31.5 Å². The summed E-state index contributed by atoms with van der Waals surface area (Å²) in [6, 6.07) is 0.441. The van der Waals surface area contributed by atoms with Gasteiger partial charge in [-0.2, -0.15) is 5.10 Å². The quantitative estimate of drug-likeness (QED) is 0.808. The third-order valence-corrected chi connectivity index (χ3v) is 3.74. The van der Waals surface area contributed by atoms with Gasteiger partial charge in [0.2, 0.25) is 0 Å². The van der Waals surface area contributed by atoms with E-state index in [-0.39, 0.29) is 0 Å². The number of nitrogens with one attached hydrogen (secondary N) is 1. The fourth-order valence-electron chi connectivity index (χ4n) is 2.78. The number of aryl methyl sites for hydroxylation is 1. The van der Waals surface area contributed by atoms with Crippen LogP contribution in [0.15, 0.2) is 12.4 Å². The summed E-state index contributed by atoms with van der Waals surface area (Å²) in [5, 5.41) is 7.83. The molecule has 1 aromatic rings. The van der Waals surface area contributed by atoms with Crippen LogP contribution in [0.1, 0.15) is 44.7 Å². The molecule has 18 heavy (non-hydrogen) atoms. The lowest BCUT2D eigenvalue weighted by Gasteiger charge is -2.37. The minimum Gasteiger partial charge on any atom is -0.378 e. The smallest absolute Gasteiger partial charge is 0.0580 e. The van der Waals surface area contributed by atoms with Crippen molar-refractivity contribution < 1.29 is 4.74 Å². The second kappa shape index (κ2) is 6.34. The minimum absolute atomic E-state index is 0.441. The summed E-state index contributed by atoms with van der Waals surface area (Å²) in [6.07, 6.45) is 8.24. The highest BCUT2D eigenvalue weighted by molar-refractivity contribution is 5.11. The summed E-state index contributed by atoms with van der Waals surface area (Å²) >= 11 is 0. The van der Waals surface area contributed by atoms with Crippen LogP contribution in [0.3, 0.4) is 0 Å². The molecule has 1 aliphatic rings. The molecule has 1 saturated carbocycles. The topological polar surface area (TPSA) is 39.1 Å². The van der Waals surface area contributed by atoms with E-state index in [9.17, 15) is 0 Å². The lowest BCUT2D eigenvalue weighted by Crippen LogP contribution is -2.34. The molecule has 0 saturated heterocycles. The van der Waals surface area contributed by atoms with Crippen LogP contribution in [-0.2, 0) is 11.8 Å². The van der Waals surface area contributed by atoms with Crippen molar-refractivity contribution in [3.63, 3.8) is 0 Å². The molecule has 1 aliphatic carbocycles. The predicted octanol–water partition coefficient (Wildman–Crippen LogP) is 2.28. The van der Waals surface area contributed by atoms with E-state index < -0.39 is 0 Å². The highest BCUT2D eigenvalue weighted by Crippen LogP contribution is 2.36. The van der Waals surface area contributed by atoms with Crippen LogP contribution in [0, 0.1) is 5.92 Å². The van der Waals surface area contributed by atoms with Gasteiger partial charge < -0.3 is 10.1 Å². The summed E-state index contributed by atoms with van der Waals surface area (Å²) in [6.45, 7) is 6.08. The Labute approximate surface area is 110 Å². The molecule has 0 spiro atoms. The second-order valence-electron chi connectivity index (χ2n) is 5.21. The van der Waals surface area contributed by atoms with E-state index in [0.29, 0.717) is 12.1 Å². The Balaban J connectivity index is 1.84. The van der Waals surface area contributed by atoms with E-state index in [1.807, 2.05) is 17.9 Å². The molecule has 1 N–H and O–H groups in total. The van der Waals surface area contributed by atoms with Crippen molar-refractivity contribution in [2.75, 3.05) is 13.2 Å². The first kappa shape index (κ1) is 13.6. The summed E-state index contributed by atoms with van der Waals surface area (Å²) in [5.41, 5.74) is 1.30. The van der Waals surface area contributed by atoms with Gasteiger partial charge in [0.25, 0.3) is 0 Å². The van der Waals surface area contributed by atoms with E-state index in [2.05, 4.69) is 30.5 Å². The van der Waals surface area contributed by atoms with Crippen molar-refractivity contribution in [3.05, 3.63) is 18.0 Å². The maximum absolute atomic E-state index is 5.62. The number of rotatable bonds is 7. The Morgan fingerprint density at radius 1 is 1.50 bits per heavy atom. The highest BCUT2D eigenvalue weighted by atomic mass is 16.5. The minimum atomic E-state index is 0.441. The standard InChI is InChI=1S/C14H25N3O/c1-4-15-14(12-9-16-17(3)10-12)8-11-6-13(7-11)18-5-2/h9-11,13-15H,4-8H2,1-3H3. The third kappa shape index (κ3) is 3.33. The molecule has 0 radical (unpaired) electrons. The van der Waals surface area contributed by atoms with E-state index in [4.69, 9.17) is 4.74 Å². The molecule has 1 heterocycles. The van der Waals surface area contributed by atoms with Crippen molar-refractivity contribution in [1.29, 1.82) is 0 Å². The molecule has 4 nitrogen and oxygen atoms in total. The van der Waals surface area contributed by atoms with Gasteiger partial charge in [-0.3, -0.25) is 4.68 Å². The van der Waals surface area contributed by atoms with Gasteiger partial charge in [-0.15, -0.1) is 0 Å². The Bertz CT molecular complexity index is 358. The van der Waals surface area contributed by atoms with E-state index in [0.717, 1.165) is 19.1 Å². The molecule has 1 atom stereocenters. The molecule has 1 unspecified atom stereocenters. The average molecular weight is 251 g/mol. The van der Waals surface area contributed by atoms with E-state index in [1.54, 1.807) is 0 Å². The zero-order valence-electron chi connectivity index (χ0n) is 11.7. The number of ether oxygens (including phenoxy) is 1. The molecule has 0 bridgehead atoms. The van der Waals surface area contributed by atoms with Gasteiger partial charge in [0.15, 0.2) is 0 Å². The van der Waals surface area contributed by atoms with E-state index in [1.165, 1.54) is 24.8 Å². The molecular formula is C14H25N3O. The molecule has 0 aromatic carbocycles. The summed E-state index contributed by atoms with van der Waals surface area (Å²) < 4.78 is 7.50. The van der Waals surface area contributed by atoms with Gasteiger partial charge in [-0.1, -0.05) is 6.92 Å². The molecule has 1 fully saturated rings. The number of aromatic nitrogens is 2. The van der Waals surface area contributed by atoms with Crippen molar-refractivity contribution >= 4 is 0 Å². The van der Waals surface area contributed by atoms with Crippen LogP contribution in [-0.4, -0.2) is 29.0 Å². The van der Waals surface area contributed by atoms with Gasteiger partial charge in [0.1, 0.15) is 0 Å². The number of nitrogens with zero attached hydrogens (tertiary/aromatic N) is 2. The first-order valence-corrected chi connectivity index (χ1v) is 7.06. The van der Waals surface area contributed by atoms with Gasteiger partial charge in [0.05, 0.1) is 12.3 Å². The largest absolute Gasteiger partial charge is 0.378 e. The SMILES string of the molecule is CCNC(CC1CC(OCC)C1)c1cnn(C)c1. The molecule has 2 rings (SSSR count). The number of hydrogen-bond donors (Lipinski definition) is 1. The van der Waals surface area contributed by atoms with Crippen molar-refractivity contribution in [2.24, 2.45) is 13.0 Å². The molecule has 102 valence electrons. The normalized spacial score (nSPS) is 24.8. The zero-order valence-corrected chi connectivity index (χ0v) is 11.7. The highest BCUT2D eigenvalue weighted by Gasteiger charge is 2.31. The summed E-state index contributed by atoms with van der Waals surface area (Å²) in [5.74, 6) is 0.797. The molecule has 0 amide bonds. The molecule has 1 aromatic heterocycles. The van der Waals surface area contributed by atoms with Crippen LogP contribution < -0.4 is 5.32 Å². The number of hydrogen-bond acceptors (Lipinski definition) is 3. The maximum atomic E-state index is 5.62. The Morgan fingerprint density at radius 3 is 2.83 bits per heavy atom. The zero-order chi connectivity index (χ0) is 13.0. The first-order chi connectivity index (χ1) is 8.72. The lowest BCUT2D eigenvalue weighted by molar-refractivity contribution is -0.0291. The summed E-state index contributed by atoms with van der Waals surface area (Å²) in [4.78, 5) is 0. The fraction of sp³-hybridized carbons (Fsp3) is 0.786. The molecular weight excluding hydrogens is 226 g/mol. The van der Waals surface area contributed by atoms with Crippen molar-refractivity contribution in [1.82, 2.24) is 15.1 Å². The predicted molar refractivity (Wildman–Crippen MR) is 72.4 cm³/mol. The second-order valence-corrected chi connectivity index (χ2v) is 5.21. The van der Waals surface area contributed by atoms with Crippen molar-refractivity contribution in [2.45, 2.75) is 45.3 Å². The van der Waals surface area contributed by atoms with E-state index >= 15 is 0 Å². The maximum Gasteiger partial charge on any atom is 0.0580 e. The van der Waals surface area contributed by atoms with Crippen LogP contribution in [0.5, 0.6) is 0 Å². The Morgan fingerprint density at radius 2 is 2.28 bits per heavy atom.